The molecule has 5 nitrogen and oxygen atoms in total. The third kappa shape index (κ3) is 2.15. The fraction of sp³-hybridized carbons (Fsp3) is 0.545. The molecule has 0 radical (unpaired) electrons. The zero-order valence-electron chi connectivity index (χ0n) is 10.1. The number of carbonyl (C=O) groups excluding carboxylic acids is 1. The fourth-order valence-corrected chi connectivity index (χ4v) is 2.77. The molecule has 1 aromatic rings. The third-order valence-electron chi connectivity index (χ3n) is 3.54. The summed E-state index contributed by atoms with van der Waals surface area (Å²) in [4.78, 5) is 23.4. The van der Waals surface area contributed by atoms with Crippen molar-refractivity contribution in [2.45, 2.75) is 24.8 Å². The minimum Gasteiger partial charge on any atom is -0.342 e. The van der Waals surface area contributed by atoms with Crippen molar-refractivity contribution >= 4 is 40.0 Å². The average Bonchev–Trinajstić information content (AvgIpc) is 2.30. The van der Waals surface area contributed by atoms with Gasteiger partial charge in [-0.05, 0) is 0 Å². The minimum atomic E-state index is -2.61. The molecule has 1 aromatic heterocycles. The molecule has 8 heteroatoms. The van der Waals surface area contributed by atoms with E-state index in [0.29, 0.717) is 15.3 Å². The number of carbonyl (C=O) groups is 1. The van der Waals surface area contributed by atoms with Crippen molar-refractivity contribution in [2.75, 3.05) is 23.4 Å². The summed E-state index contributed by atoms with van der Waals surface area (Å²) in [6, 6.07) is -0.322. The molecular formula is C11H11F2IN4O. The predicted octanol–water partition coefficient (Wildman–Crippen LogP) is 1.66. The van der Waals surface area contributed by atoms with Crippen molar-refractivity contribution in [2.24, 2.45) is 0 Å². The van der Waals surface area contributed by atoms with Crippen LogP contribution < -0.4 is 9.80 Å². The van der Waals surface area contributed by atoms with Crippen LogP contribution in [0.2, 0.25) is 0 Å². The fourth-order valence-electron chi connectivity index (χ4n) is 2.41. The Kier molecular flexibility index (Phi) is 2.88. The van der Waals surface area contributed by atoms with Gasteiger partial charge in [0.25, 0.3) is 5.92 Å². The number of anilines is 2. The van der Waals surface area contributed by atoms with Gasteiger partial charge in [-0.25, -0.2) is 18.7 Å². The number of likely N-dealkylation sites (N-methyl/N-ethyl adjacent to an activating group) is 1. The van der Waals surface area contributed by atoms with E-state index in [0.717, 1.165) is 0 Å². The number of hydrogen-bond donors (Lipinski definition) is 0. The van der Waals surface area contributed by atoms with Gasteiger partial charge in [0, 0.05) is 48.5 Å². The van der Waals surface area contributed by atoms with Gasteiger partial charge in [0.1, 0.15) is 5.69 Å². The summed E-state index contributed by atoms with van der Waals surface area (Å²) in [6.45, 7) is 0.0946. The Morgan fingerprint density at radius 1 is 1.47 bits per heavy atom. The van der Waals surface area contributed by atoms with E-state index >= 15 is 0 Å². The topological polar surface area (TPSA) is 49.3 Å². The van der Waals surface area contributed by atoms with Crippen LogP contribution in [0.25, 0.3) is 0 Å². The number of aromatic nitrogens is 2. The Balaban J connectivity index is 1.97. The Hall–Kier alpha value is -1.06. The molecule has 1 fully saturated rings. The average molecular weight is 380 g/mol. The zero-order chi connectivity index (χ0) is 13.8. The van der Waals surface area contributed by atoms with E-state index < -0.39 is 5.92 Å². The van der Waals surface area contributed by atoms with Crippen LogP contribution in [0, 0.1) is 3.83 Å². The molecule has 2 aliphatic rings. The van der Waals surface area contributed by atoms with E-state index in [1.165, 1.54) is 4.90 Å². The molecule has 0 bridgehead atoms. The maximum absolute atomic E-state index is 13.0. The Bertz CT molecular complexity index is 545. The summed E-state index contributed by atoms with van der Waals surface area (Å²) in [5.41, 5.74) is 0.576. The standard InChI is InChI=1S/C11H11F2IN4O/c1-17-7-4-15-10(14)16-9(7)18(5-8(17)19)6-2-11(12,13)3-6/h4,6H,2-3,5H2,1H3. The molecule has 0 atom stereocenters. The quantitative estimate of drug-likeness (QED) is 0.550. The van der Waals surface area contributed by atoms with Crippen LogP contribution in [-0.2, 0) is 4.79 Å². The maximum atomic E-state index is 13.0. The lowest BCUT2D eigenvalue weighted by molar-refractivity contribution is -0.119. The second kappa shape index (κ2) is 4.22. The van der Waals surface area contributed by atoms with Gasteiger partial charge in [-0.3, -0.25) is 4.79 Å². The lowest BCUT2D eigenvalue weighted by Gasteiger charge is -2.45. The van der Waals surface area contributed by atoms with Crippen LogP contribution >= 0.6 is 22.6 Å². The van der Waals surface area contributed by atoms with Gasteiger partial charge in [-0.1, -0.05) is 0 Å². The van der Waals surface area contributed by atoms with Crippen molar-refractivity contribution in [3.05, 3.63) is 10.0 Å². The van der Waals surface area contributed by atoms with Gasteiger partial charge in [-0.2, -0.15) is 0 Å². The first-order valence-corrected chi connectivity index (χ1v) is 6.89. The van der Waals surface area contributed by atoms with Crippen LogP contribution in [0.5, 0.6) is 0 Å². The molecule has 1 aliphatic heterocycles. The maximum Gasteiger partial charge on any atom is 0.252 e. The molecule has 0 aromatic carbocycles. The molecule has 2 heterocycles. The van der Waals surface area contributed by atoms with E-state index in [2.05, 4.69) is 9.97 Å². The molecule has 0 saturated heterocycles. The van der Waals surface area contributed by atoms with Crippen molar-refractivity contribution in [1.82, 2.24) is 9.97 Å². The zero-order valence-corrected chi connectivity index (χ0v) is 12.3. The lowest BCUT2D eigenvalue weighted by Crippen LogP contribution is -2.56. The smallest absolute Gasteiger partial charge is 0.252 e. The van der Waals surface area contributed by atoms with E-state index in [4.69, 9.17) is 0 Å². The van der Waals surface area contributed by atoms with Gasteiger partial charge in [0.2, 0.25) is 5.91 Å². The van der Waals surface area contributed by atoms with Gasteiger partial charge in [-0.15, -0.1) is 0 Å². The molecule has 102 valence electrons. The van der Waals surface area contributed by atoms with Crippen molar-refractivity contribution in [1.29, 1.82) is 0 Å². The third-order valence-corrected chi connectivity index (χ3v) is 4.06. The van der Waals surface area contributed by atoms with Gasteiger partial charge in [0.05, 0.1) is 12.7 Å². The number of rotatable bonds is 1. The largest absolute Gasteiger partial charge is 0.342 e. The summed E-state index contributed by atoms with van der Waals surface area (Å²) < 4.78 is 26.6. The second-order valence-electron chi connectivity index (χ2n) is 4.85. The van der Waals surface area contributed by atoms with E-state index in [1.807, 2.05) is 22.6 Å². The summed E-state index contributed by atoms with van der Waals surface area (Å²) in [7, 11) is 1.64. The highest BCUT2D eigenvalue weighted by Gasteiger charge is 2.50. The molecule has 0 spiro atoms. The van der Waals surface area contributed by atoms with E-state index in [1.54, 1.807) is 18.1 Å². The molecule has 19 heavy (non-hydrogen) atoms. The van der Waals surface area contributed by atoms with Crippen LogP contribution in [0.1, 0.15) is 12.8 Å². The summed E-state index contributed by atoms with van der Waals surface area (Å²) in [5, 5.41) is 0. The molecule has 1 aliphatic carbocycles. The molecule has 1 saturated carbocycles. The molecular weight excluding hydrogens is 369 g/mol. The van der Waals surface area contributed by atoms with Crippen LogP contribution in [0.4, 0.5) is 20.3 Å². The van der Waals surface area contributed by atoms with Crippen molar-refractivity contribution < 1.29 is 13.6 Å². The Morgan fingerprint density at radius 3 is 2.79 bits per heavy atom. The van der Waals surface area contributed by atoms with Gasteiger partial charge >= 0.3 is 0 Å². The van der Waals surface area contributed by atoms with Gasteiger partial charge < -0.3 is 9.80 Å². The second-order valence-corrected chi connectivity index (χ2v) is 5.81. The number of fused-ring (bicyclic) bond motifs is 1. The first-order chi connectivity index (χ1) is 8.87. The van der Waals surface area contributed by atoms with Crippen LogP contribution in [0.15, 0.2) is 6.20 Å². The lowest BCUT2D eigenvalue weighted by atomic mass is 9.86. The molecule has 0 unspecified atom stereocenters. The normalized spacial score (nSPS) is 22.2. The number of hydrogen-bond acceptors (Lipinski definition) is 4. The van der Waals surface area contributed by atoms with Crippen LogP contribution in [-0.4, -0.2) is 41.4 Å². The highest BCUT2D eigenvalue weighted by Crippen LogP contribution is 2.44. The van der Waals surface area contributed by atoms with Crippen molar-refractivity contribution in [3.63, 3.8) is 0 Å². The van der Waals surface area contributed by atoms with Crippen molar-refractivity contribution in [3.8, 4) is 0 Å². The number of alkyl halides is 2. The summed E-state index contributed by atoms with van der Waals surface area (Å²) in [5.74, 6) is -2.17. The molecule has 0 N–H and O–H groups in total. The molecule has 3 rings (SSSR count). The predicted molar refractivity (Wildman–Crippen MR) is 73.5 cm³/mol. The summed E-state index contributed by atoms with van der Waals surface area (Å²) >= 11 is 1.97. The van der Waals surface area contributed by atoms with Crippen LogP contribution in [0.3, 0.4) is 0 Å². The van der Waals surface area contributed by atoms with Gasteiger partial charge in [0.15, 0.2) is 9.65 Å². The first kappa shape index (κ1) is 12.9. The monoisotopic (exact) mass is 380 g/mol. The SMILES string of the molecule is CN1C(=O)CN(C2CC(F)(F)C2)c2nc(I)ncc21. The number of halogens is 3. The number of nitrogens with zero attached hydrogens (tertiary/aromatic N) is 4. The number of amides is 1. The minimum absolute atomic E-state index is 0.0946. The highest BCUT2D eigenvalue weighted by molar-refractivity contribution is 14.1. The van der Waals surface area contributed by atoms with E-state index in [-0.39, 0.29) is 31.3 Å². The van der Waals surface area contributed by atoms with E-state index in [9.17, 15) is 13.6 Å². The molecule has 1 amide bonds. The Morgan fingerprint density at radius 2 is 2.16 bits per heavy atom. The summed E-state index contributed by atoms with van der Waals surface area (Å²) in [6.07, 6.45) is 1.12. The highest BCUT2D eigenvalue weighted by atomic mass is 127. The Labute approximate surface area is 122 Å². The first-order valence-electron chi connectivity index (χ1n) is 5.81.